The van der Waals surface area contributed by atoms with Crippen molar-refractivity contribution in [3.63, 3.8) is 0 Å². The number of aliphatic carboxylic acids is 1. The number of carbonyl (C=O) groups excluding carboxylic acids is 2. The molecule has 6 heteroatoms. The highest BCUT2D eigenvalue weighted by Crippen LogP contribution is 2.10. The third kappa shape index (κ3) is 18.9. The Labute approximate surface area is 196 Å². The highest BCUT2D eigenvalue weighted by Gasteiger charge is 2.14. The maximum absolute atomic E-state index is 11.7. The van der Waals surface area contributed by atoms with Gasteiger partial charge in [0.25, 0.3) is 0 Å². The molecule has 0 spiro atoms. The number of hydrogen-bond acceptors (Lipinski definition) is 3. The normalized spacial score (nSPS) is 13.3. The minimum Gasteiger partial charge on any atom is -0.480 e. The molecule has 186 valence electrons. The van der Waals surface area contributed by atoms with Crippen molar-refractivity contribution in [3.05, 3.63) is 12.2 Å². The molecule has 0 radical (unpaired) electrons. The molecule has 32 heavy (non-hydrogen) atoms. The maximum atomic E-state index is 11.7. The fraction of sp³-hybridized carbons (Fsp3) is 0.808. The summed E-state index contributed by atoms with van der Waals surface area (Å²) in [6.07, 6.45) is 23.0. The van der Waals surface area contributed by atoms with Crippen molar-refractivity contribution in [2.75, 3.05) is 27.2 Å². The van der Waals surface area contributed by atoms with Gasteiger partial charge in [-0.15, -0.1) is 0 Å². The topological polar surface area (TPSA) is 77.9 Å². The first-order valence-corrected chi connectivity index (χ1v) is 12.7. The van der Waals surface area contributed by atoms with Gasteiger partial charge in [-0.1, -0.05) is 70.4 Å². The second kappa shape index (κ2) is 21.0. The van der Waals surface area contributed by atoms with E-state index < -0.39 is 5.97 Å². The Kier molecular flexibility index (Phi) is 19.8. The van der Waals surface area contributed by atoms with E-state index in [0.717, 1.165) is 45.1 Å². The van der Waals surface area contributed by atoms with E-state index >= 15 is 0 Å². The number of nitrogens with zero attached hydrogens (tertiary/aromatic N) is 2. The Morgan fingerprint density at radius 1 is 0.938 bits per heavy atom. The largest absolute Gasteiger partial charge is 0.480 e. The van der Waals surface area contributed by atoms with Crippen molar-refractivity contribution in [1.29, 1.82) is 0 Å². The smallest absolute Gasteiger partial charge is 0.323 e. The molecule has 2 amide bonds. The fourth-order valence-corrected chi connectivity index (χ4v) is 3.61. The van der Waals surface area contributed by atoms with E-state index in [-0.39, 0.29) is 12.5 Å². The number of carboxylic acid groups (broad SMARTS) is 1. The predicted octanol–water partition coefficient (Wildman–Crippen LogP) is 5.81. The number of carboxylic acids is 1. The van der Waals surface area contributed by atoms with Gasteiger partial charge in [0.05, 0.1) is 0 Å². The zero-order chi connectivity index (χ0) is 24.0. The molecule has 1 rings (SSSR count). The second-order valence-corrected chi connectivity index (χ2v) is 8.90. The van der Waals surface area contributed by atoms with E-state index in [9.17, 15) is 14.4 Å². The van der Waals surface area contributed by atoms with Crippen LogP contribution in [0.5, 0.6) is 0 Å². The molecule has 1 aliphatic rings. The third-order valence-electron chi connectivity index (χ3n) is 5.76. The average molecular weight is 453 g/mol. The lowest BCUT2D eigenvalue weighted by Crippen LogP contribution is -2.31. The van der Waals surface area contributed by atoms with E-state index in [1.54, 1.807) is 11.9 Å². The minimum atomic E-state index is -0.958. The van der Waals surface area contributed by atoms with Crippen LogP contribution in [0.15, 0.2) is 12.2 Å². The van der Waals surface area contributed by atoms with Gasteiger partial charge in [-0.2, -0.15) is 0 Å². The quantitative estimate of drug-likeness (QED) is 0.223. The molecule has 0 aromatic rings. The molecule has 1 N–H and O–H groups in total. The van der Waals surface area contributed by atoms with Crippen LogP contribution in [0.1, 0.15) is 110 Å². The lowest BCUT2D eigenvalue weighted by Gasteiger charge is -2.14. The highest BCUT2D eigenvalue weighted by molar-refractivity contribution is 5.81. The first kappa shape index (κ1) is 30.1. The van der Waals surface area contributed by atoms with Gasteiger partial charge >= 0.3 is 5.97 Å². The molecule has 1 fully saturated rings. The third-order valence-corrected chi connectivity index (χ3v) is 5.76. The molecule has 0 atom stereocenters. The summed E-state index contributed by atoms with van der Waals surface area (Å²) in [4.78, 5) is 35.7. The molecule has 0 bridgehead atoms. The number of allylic oxidation sites excluding steroid dienone is 2. The van der Waals surface area contributed by atoms with Gasteiger partial charge in [-0.3, -0.25) is 14.4 Å². The monoisotopic (exact) mass is 452 g/mol. The van der Waals surface area contributed by atoms with E-state index in [1.165, 1.54) is 62.7 Å². The Hall–Kier alpha value is -1.85. The highest BCUT2D eigenvalue weighted by atomic mass is 16.4. The summed E-state index contributed by atoms with van der Waals surface area (Å²) < 4.78 is 0. The fourth-order valence-electron chi connectivity index (χ4n) is 3.61. The lowest BCUT2D eigenvalue weighted by atomic mass is 10.1. The zero-order valence-electron chi connectivity index (χ0n) is 20.9. The van der Waals surface area contributed by atoms with Crippen LogP contribution in [0.4, 0.5) is 0 Å². The molecule has 1 aliphatic heterocycles. The molecule has 1 saturated heterocycles. The van der Waals surface area contributed by atoms with Crippen molar-refractivity contribution in [3.8, 4) is 0 Å². The summed E-state index contributed by atoms with van der Waals surface area (Å²) in [6.45, 7) is 3.01. The summed E-state index contributed by atoms with van der Waals surface area (Å²) in [5.41, 5.74) is 0. The van der Waals surface area contributed by atoms with E-state index in [1.807, 2.05) is 7.05 Å². The van der Waals surface area contributed by atoms with Gasteiger partial charge in [0.1, 0.15) is 6.54 Å². The maximum Gasteiger partial charge on any atom is 0.323 e. The molecule has 1 heterocycles. The van der Waals surface area contributed by atoms with Crippen LogP contribution in [0.25, 0.3) is 0 Å². The first-order valence-electron chi connectivity index (χ1n) is 12.7. The predicted molar refractivity (Wildman–Crippen MR) is 132 cm³/mol. The first-order chi connectivity index (χ1) is 15.4. The summed E-state index contributed by atoms with van der Waals surface area (Å²) in [5.74, 6) is -0.736. The van der Waals surface area contributed by atoms with Gasteiger partial charge in [0, 0.05) is 33.5 Å². The molecular formula is C26H48N2O4. The van der Waals surface area contributed by atoms with E-state index in [0.29, 0.717) is 12.3 Å². The van der Waals surface area contributed by atoms with Gasteiger partial charge in [-0.05, 0) is 38.5 Å². The Morgan fingerprint density at radius 2 is 1.47 bits per heavy atom. The molecule has 0 unspecified atom stereocenters. The number of likely N-dealkylation sites (N-methyl/N-ethyl adjacent to an activating group) is 1. The van der Waals surface area contributed by atoms with Crippen molar-refractivity contribution in [2.45, 2.75) is 110 Å². The number of likely N-dealkylation sites (tertiary alicyclic amines) is 1. The molecule has 0 aromatic heterocycles. The summed E-state index contributed by atoms with van der Waals surface area (Å²) in [5, 5.41) is 8.64. The van der Waals surface area contributed by atoms with Crippen molar-refractivity contribution in [2.24, 2.45) is 0 Å². The summed E-state index contributed by atoms with van der Waals surface area (Å²) in [7, 11) is 3.39. The van der Waals surface area contributed by atoms with Crippen LogP contribution < -0.4 is 0 Å². The summed E-state index contributed by atoms with van der Waals surface area (Å²) >= 11 is 0. The average Bonchev–Trinajstić information content (AvgIpc) is 3.13. The number of hydrogen-bond donors (Lipinski definition) is 1. The Balaban J connectivity index is 0.00000115. The van der Waals surface area contributed by atoms with Gasteiger partial charge < -0.3 is 14.9 Å². The summed E-state index contributed by atoms with van der Waals surface area (Å²) in [6, 6.07) is 0. The van der Waals surface area contributed by atoms with Crippen LogP contribution in [0, 0.1) is 0 Å². The number of amides is 2. The molecule has 6 nitrogen and oxygen atoms in total. The van der Waals surface area contributed by atoms with Crippen LogP contribution in [-0.2, 0) is 14.4 Å². The zero-order valence-corrected chi connectivity index (χ0v) is 20.9. The van der Waals surface area contributed by atoms with Crippen LogP contribution in [0.2, 0.25) is 0 Å². The molecular weight excluding hydrogens is 404 g/mol. The van der Waals surface area contributed by atoms with Crippen molar-refractivity contribution < 1.29 is 19.5 Å². The van der Waals surface area contributed by atoms with Crippen LogP contribution in [-0.4, -0.2) is 59.9 Å². The van der Waals surface area contributed by atoms with Gasteiger partial charge in [0.2, 0.25) is 11.8 Å². The van der Waals surface area contributed by atoms with Gasteiger partial charge in [0.15, 0.2) is 0 Å². The Bertz CT molecular complexity index is 534. The minimum absolute atomic E-state index is 0.0694. The van der Waals surface area contributed by atoms with Crippen LogP contribution in [0.3, 0.4) is 0 Å². The SMILES string of the molecule is CCCCCCCC/C=C\CCCCCCCC(=O)N(C)CC(=O)O.CN1CCCC1=O. The van der Waals surface area contributed by atoms with Crippen molar-refractivity contribution >= 4 is 17.8 Å². The van der Waals surface area contributed by atoms with E-state index in [2.05, 4.69) is 19.1 Å². The van der Waals surface area contributed by atoms with Gasteiger partial charge in [-0.25, -0.2) is 0 Å². The standard InChI is InChI=1S/C21H39NO3.C5H9NO/c1-3-4-5-6-7-8-9-10-11-12-13-14-15-16-17-18-20(23)22(2)19-21(24)25;1-6-4-2-3-5(6)7/h10-11H,3-9,12-19H2,1-2H3,(H,24,25);2-4H2,1H3/b11-10-;. The van der Waals surface area contributed by atoms with E-state index in [4.69, 9.17) is 5.11 Å². The Morgan fingerprint density at radius 3 is 1.91 bits per heavy atom. The number of carbonyl (C=O) groups is 3. The number of rotatable bonds is 17. The molecule has 0 saturated carbocycles. The molecule has 0 aliphatic carbocycles. The second-order valence-electron chi connectivity index (χ2n) is 8.90. The molecule has 0 aromatic carbocycles. The van der Waals surface area contributed by atoms with Crippen LogP contribution >= 0.6 is 0 Å². The lowest BCUT2D eigenvalue weighted by molar-refractivity contribution is -0.143. The number of unbranched alkanes of at least 4 members (excludes halogenated alkanes) is 11. The van der Waals surface area contributed by atoms with Crippen molar-refractivity contribution in [1.82, 2.24) is 9.80 Å².